The van der Waals surface area contributed by atoms with Gasteiger partial charge in [-0.2, -0.15) is 0 Å². The topological polar surface area (TPSA) is 67.2 Å². The smallest absolute Gasteiger partial charge is 0.228 e. The minimum Gasteiger partial charge on any atom is -0.440 e. The van der Waals surface area contributed by atoms with Gasteiger partial charge in [-0.05, 0) is 68.8 Å². The number of carbonyl (C=O) groups excluding carboxylic acids is 1. The minimum absolute atomic E-state index is 0.164. The predicted octanol–water partition coefficient (Wildman–Crippen LogP) is 3.03. The van der Waals surface area contributed by atoms with Gasteiger partial charge in [0.1, 0.15) is 5.52 Å². The van der Waals surface area contributed by atoms with E-state index in [9.17, 15) is 4.79 Å². The first-order valence-corrected chi connectivity index (χ1v) is 8.66. The molecule has 2 N–H and O–H groups in total. The van der Waals surface area contributed by atoms with E-state index in [1.165, 1.54) is 12.8 Å². The average molecular weight is 311 g/mol. The van der Waals surface area contributed by atoms with Gasteiger partial charge >= 0.3 is 0 Å². The summed E-state index contributed by atoms with van der Waals surface area (Å²) in [6.07, 6.45) is 5.64. The molecule has 23 heavy (non-hydrogen) atoms. The summed E-state index contributed by atoms with van der Waals surface area (Å²) < 4.78 is 5.77. The van der Waals surface area contributed by atoms with Gasteiger partial charge in [-0.3, -0.25) is 4.79 Å². The third-order valence-electron chi connectivity index (χ3n) is 5.70. The summed E-state index contributed by atoms with van der Waals surface area (Å²) >= 11 is 0. The fraction of sp³-hybridized carbons (Fsp3) is 0.556. The van der Waals surface area contributed by atoms with Gasteiger partial charge in [-0.15, -0.1) is 0 Å². The van der Waals surface area contributed by atoms with Crippen molar-refractivity contribution in [1.29, 1.82) is 0 Å². The van der Waals surface area contributed by atoms with E-state index < -0.39 is 0 Å². The zero-order valence-corrected chi connectivity index (χ0v) is 13.1. The normalized spacial score (nSPS) is 25.7. The first-order chi connectivity index (χ1) is 11.2. The Morgan fingerprint density at radius 1 is 1.30 bits per heavy atom. The highest BCUT2D eigenvalue weighted by atomic mass is 16.3. The molecule has 1 saturated heterocycles. The van der Waals surface area contributed by atoms with Crippen LogP contribution in [-0.4, -0.2) is 24.0 Å². The van der Waals surface area contributed by atoms with Gasteiger partial charge in [0, 0.05) is 17.5 Å². The lowest BCUT2D eigenvalue weighted by molar-refractivity contribution is -0.118. The Morgan fingerprint density at radius 2 is 2.13 bits per heavy atom. The number of hydrogen-bond acceptors (Lipinski definition) is 4. The number of aromatic nitrogens is 1. The lowest BCUT2D eigenvalue weighted by atomic mass is 9.92. The molecule has 2 saturated carbocycles. The number of carbonyl (C=O) groups is 1. The van der Waals surface area contributed by atoms with Gasteiger partial charge in [0.15, 0.2) is 11.5 Å². The summed E-state index contributed by atoms with van der Waals surface area (Å²) in [6, 6.07) is 5.76. The molecule has 2 aromatic rings. The summed E-state index contributed by atoms with van der Waals surface area (Å²) in [5, 5.41) is 6.46. The lowest BCUT2D eigenvalue weighted by Gasteiger charge is -2.23. The van der Waals surface area contributed by atoms with Crippen LogP contribution in [0, 0.1) is 11.3 Å². The first-order valence-electron chi connectivity index (χ1n) is 8.66. The lowest BCUT2D eigenvalue weighted by Crippen LogP contribution is -2.31. The van der Waals surface area contributed by atoms with E-state index in [-0.39, 0.29) is 17.2 Å². The quantitative estimate of drug-likeness (QED) is 0.914. The van der Waals surface area contributed by atoms with E-state index in [0.717, 1.165) is 55.0 Å². The van der Waals surface area contributed by atoms with Gasteiger partial charge in [-0.25, -0.2) is 4.98 Å². The summed E-state index contributed by atoms with van der Waals surface area (Å²) in [5.74, 6) is 1.70. The van der Waals surface area contributed by atoms with E-state index in [0.29, 0.717) is 5.92 Å². The second-order valence-electron chi connectivity index (χ2n) is 7.37. The molecule has 1 atom stereocenters. The van der Waals surface area contributed by atoms with Crippen LogP contribution in [0.1, 0.15) is 43.9 Å². The maximum atomic E-state index is 12.5. The second kappa shape index (κ2) is 4.81. The van der Waals surface area contributed by atoms with Crippen molar-refractivity contribution >= 4 is 22.7 Å². The van der Waals surface area contributed by atoms with Crippen molar-refractivity contribution < 1.29 is 9.21 Å². The fourth-order valence-corrected chi connectivity index (χ4v) is 3.95. The number of nitrogens with one attached hydrogen (secondary N) is 2. The zero-order chi connectivity index (χ0) is 15.4. The molecule has 5 nitrogen and oxygen atoms in total. The minimum atomic E-state index is 0.164. The highest BCUT2D eigenvalue weighted by Gasteiger charge is 2.57. The standard InChI is InChI=1S/C18H21N3O2/c22-16(13-10-18(13)5-7-19-8-6-18)20-12-3-4-15-14(9-12)21-17(23-15)11-1-2-11/h3-4,9,11,13,19H,1-2,5-8,10H2,(H,20,22). The fourth-order valence-electron chi connectivity index (χ4n) is 3.95. The van der Waals surface area contributed by atoms with Crippen LogP contribution in [0.5, 0.6) is 0 Å². The van der Waals surface area contributed by atoms with Gasteiger partial charge in [0.2, 0.25) is 5.91 Å². The van der Waals surface area contributed by atoms with Crippen LogP contribution >= 0.6 is 0 Å². The molecule has 2 heterocycles. The molecule has 120 valence electrons. The number of amides is 1. The Morgan fingerprint density at radius 3 is 2.91 bits per heavy atom. The van der Waals surface area contributed by atoms with E-state index >= 15 is 0 Å². The van der Waals surface area contributed by atoms with E-state index in [2.05, 4.69) is 15.6 Å². The van der Waals surface area contributed by atoms with Crippen LogP contribution in [-0.2, 0) is 4.79 Å². The van der Waals surface area contributed by atoms with Crippen LogP contribution < -0.4 is 10.6 Å². The summed E-state index contributed by atoms with van der Waals surface area (Å²) in [4.78, 5) is 17.1. The Kier molecular flexibility index (Phi) is 2.83. The SMILES string of the molecule is O=C(Nc1ccc2oc(C3CC3)nc2c1)C1CC12CCNCC2. The van der Waals surface area contributed by atoms with Crippen LogP contribution in [0.4, 0.5) is 5.69 Å². The summed E-state index contributed by atoms with van der Waals surface area (Å²) in [6.45, 7) is 2.08. The Balaban J connectivity index is 1.32. The molecule has 0 radical (unpaired) electrons. The molecule has 0 bridgehead atoms. The third-order valence-corrected chi connectivity index (χ3v) is 5.70. The number of oxazole rings is 1. The molecule has 5 rings (SSSR count). The van der Waals surface area contributed by atoms with E-state index in [4.69, 9.17) is 4.42 Å². The summed E-state index contributed by atoms with van der Waals surface area (Å²) in [7, 11) is 0. The first kappa shape index (κ1) is 13.5. The van der Waals surface area contributed by atoms with Crippen molar-refractivity contribution in [3.8, 4) is 0 Å². The number of rotatable bonds is 3. The molecule has 1 aromatic heterocycles. The zero-order valence-electron chi connectivity index (χ0n) is 13.1. The van der Waals surface area contributed by atoms with Crippen molar-refractivity contribution in [3.63, 3.8) is 0 Å². The van der Waals surface area contributed by atoms with Gasteiger partial charge in [0.05, 0.1) is 0 Å². The monoisotopic (exact) mass is 311 g/mol. The van der Waals surface area contributed by atoms with Crippen LogP contribution in [0.25, 0.3) is 11.1 Å². The molecule has 3 fully saturated rings. The maximum Gasteiger partial charge on any atom is 0.228 e. The summed E-state index contributed by atoms with van der Waals surface area (Å²) in [5.41, 5.74) is 2.75. The number of fused-ring (bicyclic) bond motifs is 1. The largest absolute Gasteiger partial charge is 0.440 e. The number of benzene rings is 1. The maximum absolute atomic E-state index is 12.5. The Hall–Kier alpha value is -1.88. The highest BCUT2D eigenvalue weighted by molar-refractivity contribution is 5.96. The number of hydrogen-bond donors (Lipinski definition) is 2. The highest BCUT2D eigenvalue weighted by Crippen LogP contribution is 2.58. The van der Waals surface area contributed by atoms with Crippen molar-refractivity contribution in [2.24, 2.45) is 11.3 Å². The van der Waals surface area contributed by atoms with Crippen LogP contribution in [0.2, 0.25) is 0 Å². The Bertz CT molecular complexity index is 772. The number of nitrogens with zero attached hydrogens (tertiary/aromatic N) is 1. The van der Waals surface area contributed by atoms with Crippen molar-refractivity contribution in [3.05, 3.63) is 24.1 Å². The van der Waals surface area contributed by atoms with Gasteiger partial charge < -0.3 is 15.1 Å². The number of piperidine rings is 1. The van der Waals surface area contributed by atoms with Crippen molar-refractivity contribution in [2.75, 3.05) is 18.4 Å². The van der Waals surface area contributed by atoms with Crippen LogP contribution in [0.15, 0.2) is 22.6 Å². The molecule has 2 aliphatic carbocycles. The molecular formula is C18H21N3O2. The molecule has 5 heteroatoms. The molecule has 1 aliphatic heterocycles. The van der Waals surface area contributed by atoms with Gasteiger partial charge in [-0.1, -0.05) is 0 Å². The predicted molar refractivity (Wildman–Crippen MR) is 87.3 cm³/mol. The Labute approximate surface area is 134 Å². The number of anilines is 1. The van der Waals surface area contributed by atoms with Crippen molar-refractivity contribution in [1.82, 2.24) is 10.3 Å². The molecule has 1 amide bonds. The molecule has 3 aliphatic rings. The molecule has 1 unspecified atom stereocenters. The molecule has 1 spiro atoms. The average Bonchev–Trinajstić information content (AvgIpc) is 3.47. The van der Waals surface area contributed by atoms with Crippen molar-refractivity contribution in [2.45, 2.75) is 38.0 Å². The molecule has 1 aromatic carbocycles. The van der Waals surface area contributed by atoms with Gasteiger partial charge in [0.25, 0.3) is 0 Å². The van der Waals surface area contributed by atoms with E-state index in [1.807, 2.05) is 18.2 Å². The van der Waals surface area contributed by atoms with Crippen LogP contribution in [0.3, 0.4) is 0 Å². The third kappa shape index (κ3) is 2.34. The van der Waals surface area contributed by atoms with E-state index in [1.54, 1.807) is 0 Å². The second-order valence-corrected chi connectivity index (χ2v) is 7.37. The molecular weight excluding hydrogens is 290 g/mol.